The standard InChI is InChI=1S/C40H60F2O9S3/c1-25-9-29-12-30(10-25)15-31(14-29)33(43)49-20-37(21-50-35(44)38-7-3-5-27(17-38)11-26(2)16-38)23-52-34(53-24-37)32-13-28-6-4-8-39(18-28,19-32)36(45)51-22-40(41,42)54(46,47)48/h25-32,34H,3-24H2,1-2H3,(H,46,47,48). The lowest BCUT2D eigenvalue weighted by Gasteiger charge is -2.50. The van der Waals surface area contributed by atoms with Crippen molar-refractivity contribution in [2.75, 3.05) is 31.3 Å². The van der Waals surface area contributed by atoms with Gasteiger partial charge in [0.15, 0.2) is 6.61 Å². The average molecular weight is 819 g/mol. The van der Waals surface area contributed by atoms with Crippen molar-refractivity contribution in [2.24, 2.45) is 63.6 Å². The minimum Gasteiger partial charge on any atom is -0.465 e. The molecule has 0 amide bonds. The van der Waals surface area contributed by atoms with Crippen LogP contribution in [-0.4, -0.2) is 72.0 Å². The Kier molecular flexibility index (Phi) is 12.1. The highest BCUT2D eigenvalue weighted by molar-refractivity contribution is 8.17. The summed E-state index contributed by atoms with van der Waals surface area (Å²) in [7, 11) is -5.72. The first kappa shape index (κ1) is 41.1. The maximum absolute atomic E-state index is 14.0. The molecule has 7 rings (SSSR count). The summed E-state index contributed by atoms with van der Waals surface area (Å²) in [6.07, 6.45) is 15.4. The number of halogens is 2. The van der Waals surface area contributed by atoms with Crippen molar-refractivity contribution < 1.29 is 50.3 Å². The van der Waals surface area contributed by atoms with Gasteiger partial charge in [0.1, 0.15) is 13.2 Å². The zero-order valence-electron chi connectivity index (χ0n) is 31.9. The largest absolute Gasteiger partial charge is 0.465 e. The van der Waals surface area contributed by atoms with E-state index in [1.165, 1.54) is 32.1 Å². The molecule has 6 aliphatic carbocycles. The first-order valence-electron chi connectivity index (χ1n) is 20.6. The van der Waals surface area contributed by atoms with Gasteiger partial charge in [-0.05, 0) is 125 Å². The van der Waals surface area contributed by atoms with Gasteiger partial charge in [0.2, 0.25) is 0 Å². The summed E-state index contributed by atoms with van der Waals surface area (Å²) >= 11 is 3.50. The molecule has 1 N–H and O–H groups in total. The number of esters is 3. The van der Waals surface area contributed by atoms with Gasteiger partial charge in [-0.2, -0.15) is 17.2 Å². The normalized spacial score (nSPS) is 42.4. The van der Waals surface area contributed by atoms with Gasteiger partial charge in [0, 0.05) is 11.5 Å². The Morgan fingerprint density at radius 1 is 0.722 bits per heavy atom. The second-order valence-electron chi connectivity index (χ2n) is 19.3. The molecule has 9 nitrogen and oxygen atoms in total. The van der Waals surface area contributed by atoms with Gasteiger partial charge in [-0.1, -0.05) is 39.5 Å². The molecule has 8 atom stereocenters. The molecular formula is C40H60F2O9S3. The van der Waals surface area contributed by atoms with E-state index in [0.29, 0.717) is 60.4 Å². The highest BCUT2D eigenvalue weighted by atomic mass is 32.2. The number of ether oxygens (including phenoxy) is 3. The summed E-state index contributed by atoms with van der Waals surface area (Å²) in [6, 6.07) is 0. The molecule has 0 aromatic rings. The van der Waals surface area contributed by atoms with Crippen LogP contribution in [-0.2, 0) is 38.7 Å². The van der Waals surface area contributed by atoms with E-state index in [4.69, 9.17) is 18.8 Å². The molecule has 6 bridgehead atoms. The van der Waals surface area contributed by atoms with E-state index < -0.39 is 44.2 Å². The number of hydrogen-bond donors (Lipinski definition) is 1. The first-order chi connectivity index (χ1) is 25.5. The van der Waals surface area contributed by atoms with E-state index in [2.05, 4.69) is 13.8 Å². The third-order valence-electron chi connectivity index (χ3n) is 14.5. The fourth-order valence-corrected chi connectivity index (χ4v) is 16.0. The molecule has 14 heteroatoms. The van der Waals surface area contributed by atoms with Gasteiger partial charge in [-0.25, -0.2) is 0 Å². The predicted molar refractivity (Wildman–Crippen MR) is 203 cm³/mol. The second-order valence-corrected chi connectivity index (χ2v) is 23.4. The van der Waals surface area contributed by atoms with Gasteiger partial charge in [-0.3, -0.25) is 18.9 Å². The average Bonchev–Trinajstić information content (AvgIpc) is 3.10. The van der Waals surface area contributed by atoms with Crippen molar-refractivity contribution in [3.63, 3.8) is 0 Å². The molecule has 8 unspecified atom stereocenters. The Hall–Kier alpha value is -1.12. The molecule has 1 aliphatic heterocycles. The minimum absolute atomic E-state index is 0.0858. The van der Waals surface area contributed by atoms with Crippen LogP contribution in [0.1, 0.15) is 123 Å². The molecule has 1 saturated heterocycles. The van der Waals surface area contributed by atoms with E-state index in [0.717, 1.165) is 57.8 Å². The number of carbonyl (C=O) groups is 3. The fraction of sp³-hybridized carbons (Fsp3) is 0.925. The molecule has 0 radical (unpaired) electrons. The third-order valence-corrected chi connectivity index (χ3v) is 19.2. The van der Waals surface area contributed by atoms with E-state index >= 15 is 0 Å². The van der Waals surface area contributed by atoms with Crippen LogP contribution in [0.25, 0.3) is 0 Å². The number of rotatable bonds is 11. The first-order valence-corrected chi connectivity index (χ1v) is 24.1. The maximum Gasteiger partial charge on any atom is 0.402 e. The second kappa shape index (κ2) is 15.9. The molecule has 306 valence electrons. The van der Waals surface area contributed by atoms with Crippen LogP contribution in [0.2, 0.25) is 0 Å². The van der Waals surface area contributed by atoms with E-state index in [1.807, 2.05) is 0 Å². The van der Waals surface area contributed by atoms with Gasteiger partial charge in [0.25, 0.3) is 0 Å². The topological polar surface area (TPSA) is 133 Å². The number of hydrogen-bond acceptors (Lipinski definition) is 10. The summed E-state index contributed by atoms with van der Waals surface area (Å²) in [5, 5.41) is -4.57. The monoisotopic (exact) mass is 818 g/mol. The van der Waals surface area contributed by atoms with Crippen molar-refractivity contribution in [1.29, 1.82) is 0 Å². The Morgan fingerprint density at radius 3 is 1.91 bits per heavy atom. The summed E-state index contributed by atoms with van der Waals surface area (Å²) in [5.41, 5.74) is -1.98. The molecule has 6 saturated carbocycles. The zero-order valence-corrected chi connectivity index (χ0v) is 34.4. The molecule has 1 heterocycles. The number of thioether (sulfide) groups is 2. The Balaban J connectivity index is 1.02. The van der Waals surface area contributed by atoms with Crippen molar-refractivity contribution in [3.05, 3.63) is 0 Å². The van der Waals surface area contributed by atoms with Crippen molar-refractivity contribution >= 4 is 51.5 Å². The zero-order chi connectivity index (χ0) is 38.5. The fourth-order valence-electron chi connectivity index (χ4n) is 12.4. The van der Waals surface area contributed by atoms with E-state index in [1.54, 1.807) is 23.5 Å². The van der Waals surface area contributed by atoms with Crippen LogP contribution in [0.5, 0.6) is 0 Å². The van der Waals surface area contributed by atoms with E-state index in [-0.39, 0.29) is 47.5 Å². The Bertz CT molecular complexity index is 1500. The molecular weight excluding hydrogens is 759 g/mol. The Labute approximate surface area is 328 Å². The van der Waals surface area contributed by atoms with Gasteiger partial charge >= 0.3 is 33.3 Å². The molecule has 0 aromatic heterocycles. The van der Waals surface area contributed by atoms with E-state index in [9.17, 15) is 31.6 Å². The van der Waals surface area contributed by atoms with Crippen molar-refractivity contribution in [1.82, 2.24) is 0 Å². The molecule has 0 aromatic carbocycles. The van der Waals surface area contributed by atoms with Gasteiger partial charge in [-0.15, -0.1) is 23.5 Å². The van der Waals surface area contributed by atoms with Crippen LogP contribution in [0.15, 0.2) is 0 Å². The third kappa shape index (κ3) is 8.81. The van der Waals surface area contributed by atoms with Crippen molar-refractivity contribution in [3.8, 4) is 0 Å². The lowest BCUT2D eigenvalue weighted by Crippen LogP contribution is -2.49. The summed E-state index contributed by atoms with van der Waals surface area (Å²) in [5.74, 6) is 3.31. The van der Waals surface area contributed by atoms with Crippen LogP contribution in [0.3, 0.4) is 0 Å². The maximum atomic E-state index is 14.0. The number of alkyl halides is 2. The molecule has 0 spiro atoms. The van der Waals surface area contributed by atoms with Crippen molar-refractivity contribution in [2.45, 2.75) is 133 Å². The predicted octanol–water partition coefficient (Wildman–Crippen LogP) is 8.54. The number of fused-ring (bicyclic) bond motifs is 6. The summed E-state index contributed by atoms with van der Waals surface area (Å²) in [6.45, 7) is 3.22. The lowest BCUT2D eigenvalue weighted by atomic mass is 9.59. The van der Waals surface area contributed by atoms with Crippen LogP contribution >= 0.6 is 23.5 Å². The lowest BCUT2D eigenvalue weighted by molar-refractivity contribution is -0.169. The van der Waals surface area contributed by atoms with Gasteiger partial charge < -0.3 is 14.2 Å². The quantitative estimate of drug-likeness (QED) is 0.122. The Morgan fingerprint density at radius 2 is 1.28 bits per heavy atom. The van der Waals surface area contributed by atoms with Crippen LogP contribution < -0.4 is 0 Å². The van der Waals surface area contributed by atoms with Crippen LogP contribution in [0, 0.1) is 63.6 Å². The smallest absolute Gasteiger partial charge is 0.402 e. The number of carbonyl (C=O) groups excluding carboxylic acids is 3. The minimum atomic E-state index is -5.72. The molecule has 7 fully saturated rings. The summed E-state index contributed by atoms with van der Waals surface area (Å²) in [4.78, 5) is 41.1. The highest BCUT2D eigenvalue weighted by Crippen LogP contribution is 2.58. The SMILES string of the molecule is CC1CC2CC(C1)CC(C(=O)OCC1(COC(=O)C34CCCC(CC(C)C3)C4)CSC(C3CC4CCCC(C(=O)OCC(F)(F)S(=O)(=O)O)(C4)C3)SC1)C2. The van der Waals surface area contributed by atoms with Gasteiger partial charge in [0.05, 0.1) is 26.7 Å². The highest BCUT2D eigenvalue weighted by Gasteiger charge is 2.55. The summed E-state index contributed by atoms with van der Waals surface area (Å²) < 4.78 is 76.9. The molecule has 7 aliphatic rings. The molecule has 54 heavy (non-hydrogen) atoms. The van der Waals surface area contributed by atoms with Crippen LogP contribution in [0.4, 0.5) is 8.78 Å².